The largest absolute Gasteiger partial charge is 0.479 e. The van der Waals surface area contributed by atoms with E-state index in [1.54, 1.807) is 20.8 Å². The van der Waals surface area contributed by atoms with Crippen molar-refractivity contribution in [3.63, 3.8) is 0 Å². The van der Waals surface area contributed by atoms with Crippen LogP contribution in [0.15, 0.2) is 0 Å². The van der Waals surface area contributed by atoms with E-state index in [9.17, 15) is 9.59 Å². The Kier molecular flexibility index (Phi) is 4.28. The summed E-state index contributed by atoms with van der Waals surface area (Å²) >= 11 is 0. The van der Waals surface area contributed by atoms with Crippen LogP contribution in [0.25, 0.3) is 0 Å². The van der Waals surface area contributed by atoms with Crippen molar-refractivity contribution in [2.45, 2.75) is 45.4 Å². The van der Waals surface area contributed by atoms with Crippen molar-refractivity contribution in [2.24, 2.45) is 0 Å². The minimum Gasteiger partial charge on any atom is -0.479 e. The molecule has 1 saturated heterocycles. The van der Waals surface area contributed by atoms with Crippen LogP contribution in [0.2, 0.25) is 0 Å². The van der Waals surface area contributed by atoms with Gasteiger partial charge in [0.05, 0.1) is 25.8 Å². The summed E-state index contributed by atoms with van der Waals surface area (Å²) in [5.41, 5.74) is -0.707. The average molecular weight is 292 g/mol. The Bertz CT molecular complexity index is 434. The Labute approximate surface area is 123 Å². The lowest BCUT2D eigenvalue weighted by molar-refractivity contribution is -0.167. The van der Waals surface area contributed by atoms with Gasteiger partial charge in [0.1, 0.15) is 5.60 Å². The van der Waals surface area contributed by atoms with E-state index in [4.69, 9.17) is 23.4 Å². The molecule has 1 aliphatic heterocycles. The van der Waals surface area contributed by atoms with Gasteiger partial charge in [-0.25, -0.2) is 9.59 Å². The van der Waals surface area contributed by atoms with Crippen molar-refractivity contribution in [1.82, 2.24) is 4.90 Å². The van der Waals surface area contributed by atoms with Gasteiger partial charge in [0.25, 0.3) is 0 Å². The molecular weight excluding hydrogens is 266 g/mol. The highest BCUT2D eigenvalue weighted by Gasteiger charge is 2.36. The van der Waals surface area contributed by atoms with Crippen molar-refractivity contribution in [3.05, 3.63) is 0 Å². The van der Waals surface area contributed by atoms with Crippen molar-refractivity contribution >= 4 is 12.1 Å². The van der Waals surface area contributed by atoms with Crippen molar-refractivity contribution < 1.29 is 33.0 Å². The minimum absolute atomic E-state index is 0.0691. The van der Waals surface area contributed by atoms with Gasteiger partial charge in [-0.2, -0.15) is 0 Å². The third kappa shape index (κ3) is 5.34. The number of carbonyl (C=O) groups is 2. The van der Waals surface area contributed by atoms with E-state index in [1.165, 1.54) is 4.90 Å². The fraction of sp³-hybridized carbons (Fsp3) is 0.846. The van der Waals surface area contributed by atoms with Gasteiger partial charge >= 0.3 is 12.1 Å². The zero-order valence-electron chi connectivity index (χ0n) is 14.9. The predicted molar refractivity (Wildman–Crippen MR) is 70.6 cm³/mol. The fourth-order valence-corrected chi connectivity index (χ4v) is 1.73. The van der Waals surface area contributed by atoms with E-state index in [-0.39, 0.29) is 19.7 Å². The lowest BCUT2D eigenvalue weighted by Crippen LogP contribution is -2.54. The maximum absolute atomic E-state index is 12.1. The first-order valence-electron chi connectivity index (χ1n) is 7.81. The molecule has 1 fully saturated rings. The van der Waals surface area contributed by atoms with E-state index >= 15 is 0 Å². The highest BCUT2D eigenvalue weighted by Crippen LogP contribution is 2.16. The van der Waals surface area contributed by atoms with Crippen molar-refractivity contribution in [3.8, 4) is 0 Å². The molecule has 0 aromatic carbocycles. The molecule has 1 rings (SSSR count). The number of ether oxygens (including phenoxy) is 3. The predicted octanol–water partition coefficient (Wildman–Crippen LogP) is 1.11. The number of aliphatic carboxylic acids is 1. The topological polar surface area (TPSA) is 85.3 Å². The molecule has 0 radical (unpaired) electrons. The van der Waals surface area contributed by atoms with Crippen LogP contribution in [-0.2, 0) is 19.0 Å². The number of carboxylic acids is 1. The van der Waals surface area contributed by atoms with Gasteiger partial charge in [-0.3, -0.25) is 0 Å². The van der Waals surface area contributed by atoms with Gasteiger partial charge in [0, 0.05) is 10.7 Å². The van der Waals surface area contributed by atoms with Crippen molar-refractivity contribution in [1.29, 1.82) is 0 Å². The van der Waals surface area contributed by atoms with Gasteiger partial charge < -0.3 is 24.2 Å². The molecule has 0 aliphatic carbocycles. The Morgan fingerprint density at radius 3 is 2.70 bits per heavy atom. The highest BCUT2D eigenvalue weighted by molar-refractivity contribution is 5.75. The lowest BCUT2D eigenvalue weighted by Gasteiger charge is -2.36. The molecule has 0 aromatic rings. The molecule has 1 aliphatic rings. The molecule has 0 aromatic heterocycles. The Morgan fingerprint density at radius 1 is 1.45 bits per heavy atom. The van der Waals surface area contributed by atoms with Crippen LogP contribution in [0.5, 0.6) is 0 Å². The zero-order chi connectivity index (χ0) is 17.8. The molecule has 1 heterocycles. The highest BCUT2D eigenvalue weighted by atomic mass is 16.6. The standard InChI is InChI=1S/C13H23NO6/c1-5-18-8-9-6-14(7-10(19-9)11(15)16)12(17)20-13(2,3)4/h9-10H,5-8H2,1-4H3,(H,15,16)/t9-,10+/m0/s1/i1D3. The molecule has 116 valence electrons. The molecule has 2 atom stereocenters. The summed E-state index contributed by atoms with van der Waals surface area (Å²) in [6, 6.07) is 0. The monoisotopic (exact) mass is 292 g/mol. The smallest absolute Gasteiger partial charge is 0.410 e. The summed E-state index contributed by atoms with van der Waals surface area (Å²) in [6.07, 6.45) is -2.59. The van der Waals surface area contributed by atoms with E-state index in [0.29, 0.717) is 0 Å². The molecule has 1 amide bonds. The van der Waals surface area contributed by atoms with Crippen LogP contribution in [0.3, 0.4) is 0 Å². The molecule has 20 heavy (non-hydrogen) atoms. The number of morpholine rings is 1. The number of amides is 1. The van der Waals surface area contributed by atoms with Crippen LogP contribution < -0.4 is 0 Å². The van der Waals surface area contributed by atoms with E-state index in [1.807, 2.05) is 0 Å². The van der Waals surface area contributed by atoms with Gasteiger partial charge in [-0.15, -0.1) is 0 Å². The number of carboxylic acid groups (broad SMARTS) is 1. The zero-order valence-corrected chi connectivity index (χ0v) is 11.9. The third-order valence-electron chi connectivity index (χ3n) is 2.50. The van der Waals surface area contributed by atoms with Gasteiger partial charge in [-0.1, -0.05) is 0 Å². The Hall–Kier alpha value is -1.34. The summed E-state index contributed by atoms with van der Waals surface area (Å²) in [7, 11) is 0. The molecule has 0 unspecified atom stereocenters. The Morgan fingerprint density at radius 2 is 2.15 bits per heavy atom. The first-order valence-corrected chi connectivity index (χ1v) is 6.31. The second-order valence-corrected chi connectivity index (χ2v) is 5.49. The maximum Gasteiger partial charge on any atom is 0.410 e. The molecular formula is C13H23NO6. The third-order valence-corrected chi connectivity index (χ3v) is 2.50. The molecule has 1 N–H and O–H groups in total. The first kappa shape index (κ1) is 12.4. The average Bonchev–Trinajstić information content (AvgIpc) is 2.34. The molecule has 0 bridgehead atoms. The number of hydrogen-bond donors (Lipinski definition) is 1. The number of rotatable bonds is 4. The maximum atomic E-state index is 12.1. The van der Waals surface area contributed by atoms with Crippen LogP contribution >= 0.6 is 0 Å². The summed E-state index contributed by atoms with van der Waals surface area (Å²) in [4.78, 5) is 24.5. The minimum atomic E-state index is -2.24. The second kappa shape index (κ2) is 6.90. The van der Waals surface area contributed by atoms with Crippen LogP contribution in [0.4, 0.5) is 4.79 Å². The number of carbonyl (C=O) groups excluding carboxylic acids is 1. The van der Waals surface area contributed by atoms with E-state index in [0.717, 1.165) is 0 Å². The normalized spacial score (nSPS) is 26.4. The quantitative estimate of drug-likeness (QED) is 0.835. The van der Waals surface area contributed by atoms with Crippen LogP contribution in [0, 0.1) is 0 Å². The van der Waals surface area contributed by atoms with Crippen molar-refractivity contribution in [2.75, 3.05) is 26.3 Å². The van der Waals surface area contributed by atoms with E-state index < -0.39 is 43.3 Å². The van der Waals surface area contributed by atoms with Crippen LogP contribution in [-0.4, -0.2) is 66.2 Å². The SMILES string of the molecule is [2H]C([2H])([2H])COC[C@@H]1CN(C(=O)OC(C)(C)C)C[C@H](C(=O)O)O1. The molecule has 0 saturated carbocycles. The summed E-state index contributed by atoms with van der Waals surface area (Å²) in [6.45, 7) is 2.20. The lowest BCUT2D eigenvalue weighted by atomic mass is 10.2. The summed E-state index contributed by atoms with van der Waals surface area (Å²) in [5.74, 6) is -1.21. The molecule has 7 heteroatoms. The van der Waals surface area contributed by atoms with E-state index in [2.05, 4.69) is 0 Å². The van der Waals surface area contributed by atoms with Gasteiger partial charge in [-0.05, 0) is 27.6 Å². The molecule has 0 spiro atoms. The summed E-state index contributed by atoms with van der Waals surface area (Å²) < 4.78 is 36.7. The molecule has 7 nitrogen and oxygen atoms in total. The first-order chi connectivity index (χ1) is 10.4. The second-order valence-electron chi connectivity index (χ2n) is 5.49. The number of nitrogens with zero attached hydrogens (tertiary/aromatic N) is 1. The Balaban J connectivity index is 2.65. The van der Waals surface area contributed by atoms with Gasteiger partial charge in [0.2, 0.25) is 0 Å². The fourth-order valence-electron chi connectivity index (χ4n) is 1.73. The van der Waals surface area contributed by atoms with Crippen LogP contribution in [0.1, 0.15) is 31.7 Å². The number of hydrogen-bond acceptors (Lipinski definition) is 5. The van der Waals surface area contributed by atoms with Gasteiger partial charge in [0.15, 0.2) is 6.10 Å². The summed E-state index contributed by atoms with van der Waals surface area (Å²) in [5, 5.41) is 9.11.